The average Bonchev–Trinajstić information content (AvgIpc) is 2.88. The number of aliphatic hydroxyl groups excluding tert-OH is 1. The highest BCUT2D eigenvalue weighted by Gasteiger charge is 2.29. The van der Waals surface area contributed by atoms with Crippen LogP contribution in [0.2, 0.25) is 0 Å². The lowest BCUT2D eigenvalue weighted by molar-refractivity contribution is 0.209. The van der Waals surface area contributed by atoms with Crippen molar-refractivity contribution < 1.29 is 14.6 Å². The first-order valence-electron chi connectivity index (χ1n) is 7.05. The smallest absolute Gasteiger partial charge is 0.315 e. The molecule has 1 aliphatic rings. The van der Waals surface area contributed by atoms with Crippen molar-refractivity contribution in [2.24, 2.45) is 0 Å². The highest BCUT2D eigenvalue weighted by molar-refractivity contribution is 5.74. The van der Waals surface area contributed by atoms with Gasteiger partial charge in [-0.1, -0.05) is 25.1 Å². The number of carbonyl (C=O) groups excluding carboxylic acids is 1. The molecule has 0 radical (unpaired) electrons. The number of hydrogen-bond acceptors (Lipinski definition) is 3. The Hall–Kier alpha value is -1.75. The van der Waals surface area contributed by atoms with Gasteiger partial charge in [-0.25, -0.2) is 4.79 Å². The third-order valence-corrected chi connectivity index (χ3v) is 3.75. The molecule has 1 aromatic carbocycles. The molecule has 0 spiro atoms. The molecule has 20 heavy (non-hydrogen) atoms. The number of urea groups is 1. The molecule has 1 aromatic rings. The second-order valence-electron chi connectivity index (χ2n) is 5.15. The number of hydrogen-bond donors (Lipinski definition) is 3. The molecular formula is C15H22N2O3. The number of amides is 2. The molecule has 5 nitrogen and oxygen atoms in total. The first-order valence-corrected chi connectivity index (χ1v) is 7.05. The van der Waals surface area contributed by atoms with Gasteiger partial charge in [0, 0.05) is 17.5 Å². The van der Waals surface area contributed by atoms with Gasteiger partial charge in [-0.3, -0.25) is 0 Å². The van der Waals surface area contributed by atoms with Crippen molar-refractivity contribution in [3.05, 3.63) is 29.8 Å². The van der Waals surface area contributed by atoms with Crippen LogP contribution in [-0.4, -0.2) is 36.4 Å². The van der Waals surface area contributed by atoms with E-state index >= 15 is 0 Å². The fourth-order valence-corrected chi connectivity index (χ4v) is 2.41. The maximum absolute atomic E-state index is 11.9. The van der Waals surface area contributed by atoms with Crippen molar-refractivity contribution in [2.45, 2.75) is 38.3 Å². The summed E-state index contributed by atoms with van der Waals surface area (Å²) >= 11 is 0. The van der Waals surface area contributed by atoms with Crippen LogP contribution in [0.25, 0.3) is 0 Å². The summed E-state index contributed by atoms with van der Waals surface area (Å²) in [6, 6.07) is 7.42. The van der Waals surface area contributed by atoms with Crippen LogP contribution in [0, 0.1) is 0 Å². The molecule has 0 fully saturated rings. The van der Waals surface area contributed by atoms with Crippen LogP contribution < -0.4 is 15.4 Å². The van der Waals surface area contributed by atoms with E-state index in [0.717, 1.165) is 11.3 Å². The molecule has 3 unspecified atom stereocenters. The van der Waals surface area contributed by atoms with Crippen molar-refractivity contribution in [3.63, 3.8) is 0 Å². The Morgan fingerprint density at radius 2 is 2.20 bits per heavy atom. The van der Waals surface area contributed by atoms with E-state index in [4.69, 9.17) is 9.84 Å². The van der Waals surface area contributed by atoms with E-state index in [1.54, 1.807) is 0 Å². The maximum atomic E-state index is 11.9. The van der Waals surface area contributed by atoms with Crippen LogP contribution in [0.3, 0.4) is 0 Å². The summed E-state index contributed by atoms with van der Waals surface area (Å²) in [5.41, 5.74) is 1.13. The van der Waals surface area contributed by atoms with E-state index in [1.165, 1.54) is 0 Å². The lowest BCUT2D eigenvalue weighted by atomic mass is 9.94. The Balaban J connectivity index is 1.93. The van der Waals surface area contributed by atoms with Crippen molar-refractivity contribution in [1.29, 1.82) is 0 Å². The summed E-state index contributed by atoms with van der Waals surface area (Å²) in [7, 11) is 0. The molecule has 1 aliphatic heterocycles. The summed E-state index contributed by atoms with van der Waals surface area (Å²) in [4.78, 5) is 11.9. The fraction of sp³-hybridized carbons (Fsp3) is 0.533. The molecular weight excluding hydrogens is 256 g/mol. The molecule has 3 N–H and O–H groups in total. The summed E-state index contributed by atoms with van der Waals surface area (Å²) < 4.78 is 5.63. The number of fused-ring (bicyclic) bond motifs is 1. The monoisotopic (exact) mass is 278 g/mol. The van der Waals surface area contributed by atoms with Gasteiger partial charge in [0.2, 0.25) is 0 Å². The van der Waals surface area contributed by atoms with Crippen LogP contribution >= 0.6 is 0 Å². The molecule has 0 aliphatic carbocycles. The Morgan fingerprint density at radius 1 is 1.45 bits per heavy atom. The number of nitrogens with one attached hydrogen (secondary N) is 2. The van der Waals surface area contributed by atoms with E-state index < -0.39 is 0 Å². The third kappa shape index (κ3) is 3.22. The topological polar surface area (TPSA) is 70.6 Å². The molecule has 3 atom stereocenters. The van der Waals surface area contributed by atoms with Crippen LogP contribution in [0.5, 0.6) is 5.75 Å². The lowest BCUT2D eigenvalue weighted by Crippen LogP contribution is -2.48. The molecule has 0 saturated carbocycles. The van der Waals surface area contributed by atoms with E-state index in [9.17, 15) is 4.79 Å². The minimum absolute atomic E-state index is 0.0325. The van der Waals surface area contributed by atoms with Gasteiger partial charge in [-0.15, -0.1) is 0 Å². The Morgan fingerprint density at radius 3 is 2.90 bits per heavy atom. The summed E-state index contributed by atoms with van der Waals surface area (Å²) in [6.45, 7) is 4.42. The quantitative estimate of drug-likeness (QED) is 0.766. The summed E-state index contributed by atoms with van der Waals surface area (Å²) in [5.74, 6) is 1.06. The standard InChI is InChI=1S/C15H22N2O3/c1-3-11(8-18)17-15(19)16-10(2)13-9-20-14-7-5-4-6-12(13)14/h4-7,10-11,13,18H,3,8-9H2,1-2H3,(H2,16,17,19). The van der Waals surface area contributed by atoms with E-state index in [-0.39, 0.29) is 30.6 Å². The van der Waals surface area contributed by atoms with Crippen LogP contribution in [0.15, 0.2) is 24.3 Å². The van der Waals surface area contributed by atoms with Gasteiger partial charge in [0.25, 0.3) is 0 Å². The molecule has 0 aromatic heterocycles. The number of aliphatic hydroxyl groups is 1. The highest BCUT2D eigenvalue weighted by Crippen LogP contribution is 2.35. The molecule has 0 bridgehead atoms. The predicted molar refractivity (Wildman–Crippen MR) is 77.0 cm³/mol. The van der Waals surface area contributed by atoms with Gasteiger partial charge in [-0.05, 0) is 19.4 Å². The minimum atomic E-state index is -0.247. The second-order valence-corrected chi connectivity index (χ2v) is 5.15. The summed E-state index contributed by atoms with van der Waals surface area (Å²) in [6.07, 6.45) is 0.702. The number of carbonyl (C=O) groups is 1. The van der Waals surface area contributed by atoms with E-state index in [0.29, 0.717) is 13.0 Å². The normalized spacial score (nSPS) is 19.6. The number of rotatable bonds is 5. The molecule has 5 heteroatoms. The predicted octanol–water partition coefficient (Wildman–Crippen LogP) is 1.62. The Bertz CT molecular complexity index is 460. The van der Waals surface area contributed by atoms with Gasteiger partial charge >= 0.3 is 6.03 Å². The van der Waals surface area contributed by atoms with Crippen LogP contribution in [-0.2, 0) is 0 Å². The number of benzene rings is 1. The molecule has 2 amide bonds. The number of para-hydroxylation sites is 1. The number of ether oxygens (including phenoxy) is 1. The van der Waals surface area contributed by atoms with Crippen molar-refractivity contribution in [3.8, 4) is 5.75 Å². The highest BCUT2D eigenvalue weighted by atomic mass is 16.5. The van der Waals surface area contributed by atoms with Crippen molar-refractivity contribution >= 4 is 6.03 Å². The van der Waals surface area contributed by atoms with Crippen molar-refractivity contribution in [2.75, 3.05) is 13.2 Å². The van der Waals surface area contributed by atoms with Crippen molar-refractivity contribution in [1.82, 2.24) is 10.6 Å². The van der Waals surface area contributed by atoms with Gasteiger partial charge in [0.15, 0.2) is 0 Å². The van der Waals surface area contributed by atoms with Gasteiger partial charge in [-0.2, -0.15) is 0 Å². The van der Waals surface area contributed by atoms with Gasteiger partial charge in [0.1, 0.15) is 5.75 Å². The minimum Gasteiger partial charge on any atom is -0.493 e. The van der Waals surface area contributed by atoms with E-state index in [1.807, 2.05) is 38.1 Å². The molecule has 1 heterocycles. The van der Waals surface area contributed by atoms with Gasteiger partial charge < -0.3 is 20.5 Å². The largest absolute Gasteiger partial charge is 0.493 e. The molecule has 0 saturated heterocycles. The lowest BCUT2D eigenvalue weighted by Gasteiger charge is -2.22. The van der Waals surface area contributed by atoms with E-state index in [2.05, 4.69) is 10.6 Å². The van der Waals surface area contributed by atoms with Crippen LogP contribution in [0.1, 0.15) is 31.7 Å². The summed E-state index contributed by atoms with van der Waals surface area (Å²) in [5, 5.41) is 14.8. The average molecular weight is 278 g/mol. The zero-order valence-electron chi connectivity index (χ0n) is 11.9. The zero-order valence-corrected chi connectivity index (χ0v) is 11.9. The Kier molecular flexibility index (Phi) is 4.84. The zero-order chi connectivity index (χ0) is 14.5. The molecule has 110 valence electrons. The fourth-order valence-electron chi connectivity index (χ4n) is 2.41. The SMILES string of the molecule is CCC(CO)NC(=O)NC(C)C1COc2ccccc21. The first kappa shape index (κ1) is 14.7. The Labute approximate surface area is 119 Å². The van der Waals surface area contributed by atoms with Gasteiger partial charge in [0.05, 0.1) is 19.3 Å². The first-order chi connectivity index (χ1) is 9.65. The second kappa shape index (κ2) is 6.61. The maximum Gasteiger partial charge on any atom is 0.315 e. The molecule has 2 rings (SSSR count). The third-order valence-electron chi connectivity index (χ3n) is 3.75. The van der Waals surface area contributed by atoms with Crippen LogP contribution in [0.4, 0.5) is 4.79 Å².